The number of carbonyl (C=O) groups excluding carboxylic acids is 3. The maximum absolute atomic E-state index is 13.7. The van der Waals surface area contributed by atoms with Gasteiger partial charge in [0.15, 0.2) is 0 Å². The fraction of sp³-hybridized carbons (Fsp3) is 0.300. The van der Waals surface area contributed by atoms with Crippen LogP contribution in [0, 0.1) is 0 Å². The van der Waals surface area contributed by atoms with Crippen LogP contribution in [-0.4, -0.2) is 42.2 Å². The highest BCUT2D eigenvalue weighted by Crippen LogP contribution is 2.40. The van der Waals surface area contributed by atoms with Crippen molar-refractivity contribution in [1.82, 2.24) is 16.0 Å². The zero-order valence-corrected chi connectivity index (χ0v) is 24.2. The van der Waals surface area contributed by atoms with Gasteiger partial charge in [0.05, 0.1) is 23.3 Å². The van der Waals surface area contributed by atoms with Gasteiger partial charge in [-0.05, 0) is 54.3 Å². The zero-order chi connectivity index (χ0) is 30.7. The highest BCUT2D eigenvalue weighted by Gasteiger charge is 2.37. The van der Waals surface area contributed by atoms with E-state index < -0.39 is 35.1 Å². The number of nitrogens with two attached hydrogens (primary N) is 1. The number of thioether (sulfide) groups is 1. The lowest BCUT2D eigenvalue weighted by molar-refractivity contribution is -0.137. The van der Waals surface area contributed by atoms with Gasteiger partial charge in [-0.2, -0.15) is 13.2 Å². The summed E-state index contributed by atoms with van der Waals surface area (Å²) in [7, 11) is 1.54. The second-order valence-corrected chi connectivity index (χ2v) is 11.5. The first-order valence-electron chi connectivity index (χ1n) is 13.2. The molecule has 0 bridgehead atoms. The smallest absolute Gasteiger partial charge is 0.342 e. The van der Waals surface area contributed by atoms with Crippen LogP contribution in [0.15, 0.2) is 71.6 Å². The van der Waals surface area contributed by atoms with E-state index in [1.54, 1.807) is 0 Å². The van der Waals surface area contributed by atoms with Gasteiger partial charge < -0.3 is 26.6 Å². The molecule has 0 spiro atoms. The lowest BCUT2D eigenvalue weighted by Gasteiger charge is -2.28. The summed E-state index contributed by atoms with van der Waals surface area (Å²) in [6, 6.07) is 17.1. The Morgan fingerprint density at radius 1 is 1.05 bits per heavy atom. The lowest BCUT2D eigenvalue weighted by Crippen LogP contribution is -2.56. The van der Waals surface area contributed by atoms with E-state index in [1.165, 1.54) is 31.9 Å². The first-order valence-corrected chi connectivity index (χ1v) is 14.1. The number of hydrogen-bond acceptors (Lipinski definition) is 5. The van der Waals surface area contributed by atoms with E-state index in [9.17, 15) is 27.6 Å². The van der Waals surface area contributed by atoms with Crippen LogP contribution in [-0.2, 0) is 28.9 Å². The maximum atomic E-state index is 13.7. The topological polar surface area (TPSA) is 117 Å². The average molecular weight is 600 g/mol. The van der Waals surface area contributed by atoms with Crippen LogP contribution < -0.4 is 26.6 Å². The van der Waals surface area contributed by atoms with E-state index in [2.05, 4.69) is 16.0 Å². The fourth-order valence-electron chi connectivity index (χ4n) is 4.38. The molecule has 4 amide bonds. The number of alkyl halides is 3. The zero-order valence-electron chi connectivity index (χ0n) is 23.3. The molecule has 1 aliphatic rings. The second-order valence-electron chi connectivity index (χ2n) is 10.5. The van der Waals surface area contributed by atoms with Crippen molar-refractivity contribution in [2.24, 2.45) is 5.73 Å². The van der Waals surface area contributed by atoms with Crippen molar-refractivity contribution < 1.29 is 27.6 Å². The van der Waals surface area contributed by atoms with Crippen molar-refractivity contribution in [1.29, 1.82) is 0 Å². The molecule has 3 aromatic rings. The van der Waals surface area contributed by atoms with E-state index in [1.807, 2.05) is 48.5 Å². The summed E-state index contributed by atoms with van der Waals surface area (Å²) in [5, 5.41) is 7.97. The number of benzene rings is 3. The van der Waals surface area contributed by atoms with Gasteiger partial charge in [0.1, 0.15) is 6.04 Å². The number of nitrogens with one attached hydrogen (secondary N) is 3. The number of rotatable bonds is 7. The van der Waals surface area contributed by atoms with Crippen molar-refractivity contribution in [3.05, 3.63) is 83.4 Å². The van der Waals surface area contributed by atoms with E-state index >= 15 is 0 Å². The number of urea groups is 1. The molecule has 222 valence electrons. The highest BCUT2D eigenvalue weighted by molar-refractivity contribution is 7.99. The summed E-state index contributed by atoms with van der Waals surface area (Å²) in [6.07, 6.45) is -4.55. The average Bonchev–Trinajstić information content (AvgIpc) is 3.07. The Morgan fingerprint density at radius 2 is 1.74 bits per heavy atom. The van der Waals surface area contributed by atoms with Gasteiger partial charge in [-0.3, -0.25) is 9.59 Å². The van der Waals surface area contributed by atoms with Crippen molar-refractivity contribution >= 4 is 35.3 Å². The predicted molar refractivity (Wildman–Crippen MR) is 157 cm³/mol. The summed E-state index contributed by atoms with van der Waals surface area (Å²) in [5.74, 6) is -0.948. The van der Waals surface area contributed by atoms with Crippen LogP contribution in [0.25, 0.3) is 11.1 Å². The Morgan fingerprint density at radius 3 is 2.38 bits per heavy atom. The number of amides is 4. The van der Waals surface area contributed by atoms with Crippen LogP contribution in [0.1, 0.15) is 30.5 Å². The molecule has 0 aliphatic carbocycles. The summed E-state index contributed by atoms with van der Waals surface area (Å²) in [6.45, 7) is 3.40. The van der Waals surface area contributed by atoms with Crippen molar-refractivity contribution in [2.45, 2.75) is 49.6 Å². The monoisotopic (exact) mass is 599 g/mol. The Hall–Kier alpha value is -4.03. The van der Waals surface area contributed by atoms with Crippen molar-refractivity contribution in [3.8, 4) is 11.1 Å². The van der Waals surface area contributed by atoms with Crippen LogP contribution in [0.4, 0.5) is 23.7 Å². The summed E-state index contributed by atoms with van der Waals surface area (Å²) in [5.41, 5.74) is 7.61. The lowest BCUT2D eigenvalue weighted by atomic mass is 9.98. The number of anilines is 1. The number of fused-ring (bicyclic) bond motifs is 1. The Labute approximate surface area is 246 Å². The molecule has 0 aromatic heterocycles. The second kappa shape index (κ2) is 12.5. The molecule has 0 fully saturated rings. The molecule has 0 saturated carbocycles. The van der Waals surface area contributed by atoms with Gasteiger partial charge in [0.25, 0.3) is 5.91 Å². The van der Waals surface area contributed by atoms with E-state index in [0.29, 0.717) is 12.2 Å². The molecule has 5 N–H and O–H groups in total. The third kappa shape index (κ3) is 7.24. The standard InChI is InChI=1S/C30H32F3N5O3S/c1-29(2,34)27(40)37-23-17-42-25-14-21(30(31,32)33)12-13-24(25)38(26(23)39)16-18-8-10-19(11-9-18)22-7-5-4-6-20(22)15-36-28(41)35-3/h4-14,23H,15-17,34H2,1-3H3,(H,37,40)(H2,35,36,41)/t23-/m1/s1. The normalized spacial score (nSPS) is 15.5. The van der Waals surface area contributed by atoms with Crippen LogP contribution in [0.3, 0.4) is 0 Å². The number of nitrogens with zero attached hydrogens (tertiary/aromatic N) is 1. The number of carbonyl (C=O) groups is 3. The number of hydrogen-bond donors (Lipinski definition) is 4. The van der Waals surface area contributed by atoms with Gasteiger partial charge in [0, 0.05) is 24.2 Å². The van der Waals surface area contributed by atoms with Gasteiger partial charge >= 0.3 is 12.2 Å². The molecule has 1 atom stereocenters. The van der Waals surface area contributed by atoms with E-state index in [-0.39, 0.29) is 23.2 Å². The van der Waals surface area contributed by atoms with Gasteiger partial charge in [0.2, 0.25) is 5.91 Å². The minimum Gasteiger partial charge on any atom is -0.342 e. The SMILES string of the molecule is CNC(=O)NCc1ccccc1-c1ccc(CN2C(=O)[C@H](NC(=O)C(C)(C)N)CSc3cc(C(F)(F)F)ccc32)cc1. The van der Waals surface area contributed by atoms with Crippen LogP contribution in [0.2, 0.25) is 0 Å². The summed E-state index contributed by atoms with van der Waals surface area (Å²) in [4.78, 5) is 39.7. The third-order valence-electron chi connectivity index (χ3n) is 6.73. The van der Waals surface area contributed by atoms with Gasteiger partial charge in [-0.25, -0.2) is 4.79 Å². The first-order chi connectivity index (χ1) is 19.8. The van der Waals surface area contributed by atoms with Crippen molar-refractivity contribution in [3.63, 3.8) is 0 Å². The summed E-state index contributed by atoms with van der Waals surface area (Å²) < 4.78 is 40.5. The predicted octanol–water partition coefficient (Wildman–Crippen LogP) is 4.66. The van der Waals surface area contributed by atoms with Crippen LogP contribution in [0.5, 0.6) is 0 Å². The minimum absolute atomic E-state index is 0.0469. The Balaban J connectivity index is 1.64. The molecule has 0 unspecified atom stereocenters. The highest BCUT2D eigenvalue weighted by atomic mass is 32.2. The first kappa shape index (κ1) is 30.9. The molecule has 1 heterocycles. The quantitative estimate of drug-likeness (QED) is 0.315. The molecular formula is C30H32F3N5O3S. The summed E-state index contributed by atoms with van der Waals surface area (Å²) >= 11 is 1.08. The molecule has 1 aliphatic heterocycles. The van der Waals surface area contributed by atoms with Gasteiger partial charge in [-0.1, -0.05) is 48.5 Å². The molecule has 0 radical (unpaired) electrons. The van der Waals surface area contributed by atoms with E-state index in [0.717, 1.165) is 46.1 Å². The third-order valence-corrected chi connectivity index (χ3v) is 7.87. The Bertz CT molecular complexity index is 1470. The molecule has 4 rings (SSSR count). The van der Waals surface area contributed by atoms with Gasteiger partial charge in [-0.15, -0.1) is 11.8 Å². The fourth-order valence-corrected chi connectivity index (χ4v) is 5.49. The Kier molecular flexibility index (Phi) is 9.17. The molecular weight excluding hydrogens is 567 g/mol. The number of halogens is 3. The molecule has 0 saturated heterocycles. The van der Waals surface area contributed by atoms with Crippen molar-refractivity contribution in [2.75, 3.05) is 17.7 Å². The van der Waals surface area contributed by atoms with Crippen LogP contribution >= 0.6 is 11.8 Å². The molecule has 8 nitrogen and oxygen atoms in total. The van der Waals surface area contributed by atoms with E-state index in [4.69, 9.17) is 5.73 Å². The molecule has 3 aromatic carbocycles. The molecule has 12 heteroatoms. The minimum atomic E-state index is -4.55. The largest absolute Gasteiger partial charge is 0.416 e. The maximum Gasteiger partial charge on any atom is 0.416 e. The molecule has 42 heavy (non-hydrogen) atoms.